The molecule has 0 atom stereocenters. The number of pyridine rings is 1. The summed E-state index contributed by atoms with van der Waals surface area (Å²) in [4.78, 5) is 41.9. The molecule has 0 radical (unpaired) electrons. The quantitative estimate of drug-likeness (QED) is 0.554. The fraction of sp³-hybridized carbons (Fsp3) is 0.100. The van der Waals surface area contributed by atoms with E-state index in [9.17, 15) is 14.4 Å². The van der Waals surface area contributed by atoms with Crippen LogP contribution in [0.1, 0.15) is 21.6 Å². The molecule has 0 unspecified atom stereocenters. The van der Waals surface area contributed by atoms with Crippen molar-refractivity contribution in [2.45, 2.75) is 13.8 Å². The number of carbonyl (C=O) groups excluding carboxylic acids is 1. The van der Waals surface area contributed by atoms with Gasteiger partial charge in [0, 0.05) is 11.6 Å². The molecule has 1 aromatic carbocycles. The van der Waals surface area contributed by atoms with Gasteiger partial charge >= 0.3 is 5.63 Å². The zero-order chi connectivity index (χ0) is 19.1. The Balaban J connectivity index is 1.80. The van der Waals surface area contributed by atoms with E-state index in [0.717, 1.165) is 5.56 Å². The Morgan fingerprint density at radius 1 is 1.11 bits per heavy atom. The Morgan fingerprint density at radius 2 is 1.89 bits per heavy atom. The molecule has 27 heavy (non-hydrogen) atoms. The number of rotatable bonds is 2. The molecule has 0 spiro atoms. The van der Waals surface area contributed by atoms with Crippen LogP contribution in [0.25, 0.3) is 16.6 Å². The van der Waals surface area contributed by atoms with E-state index >= 15 is 0 Å². The first-order valence-electron chi connectivity index (χ1n) is 8.28. The zero-order valence-corrected chi connectivity index (χ0v) is 14.6. The van der Waals surface area contributed by atoms with Gasteiger partial charge in [0.15, 0.2) is 0 Å². The van der Waals surface area contributed by atoms with Crippen LogP contribution in [-0.4, -0.2) is 15.3 Å². The molecular weight excluding hydrogens is 346 g/mol. The van der Waals surface area contributed by atoms with Gasteiger partial charge in [0.1, 0.15) is 22.5 Å². The minimum atomic E-state index is -0.770. The summed E-state index contributed by atoms with van der Waals surface area (Å²) in [7, 11) is 0. The topological polar surface area (TPSA) is 93.7 Å². The number of hydrogen-bond acceptors (Lipinski definition) is 5. The lowest BCUT2D eigenvalue weighted by Gasteiger charge is -2.10. The van der Waals surface area contributed by atoms with Crippen molar-refractivity contribution in [1.82, 2.24) is 9.38 Å². The lowest BCUT2D eigenvalue weighted by molar-refractivity contribution is 0.102. The van der Waals surface area contributed by atoms with Crippen molar-refractivity contribution in [2.75, 3.05) is 5.32 Å². The Morgan fingerprint density at radius 3 is 2.70 bits per heavy atom. The second-order valence-electron chi connectivity index (χ2n) is 6.25. The van der Waals surface area contributed by atoms with E-state index in [1.807, 2.05) is 13.0 Å². The van der Waals surface area contributed by atoms with Crippen LogP contribution in [-0.2, 0) is 0 Å². The molecule has 4 rings (SSSR count). The van der Waals surface area contributed by atoms with Crippen molar-refractivity contribution in [3.05, 3.63) is 86.3 Å². The summed E-state index contributed by atoms with van der Waals surface area (Å²) in [5.74, 6) is -0.718. The smallest absolute Gasteiger partial charge is 0.349 e. The van der Waals surface area contributed by atoms with Gasteiger partial charge in [-0.05, 0) is 37.6 Å². The van der Waals surface area contributed by atoms with Crippen LogP contribution in [0.5, 0.6) is 0 Å². The molecule has 1 amide bonds. The summed E-state index contributed by atoms with van der Waals surface area (Å²) in [6, 6.07) is 11.9. The molecule has 1 N–H and O–H groups in total. The number of aryl methyl sites for hydroxylation is 2. The number of fused-ring (bicyclic) bond motifs is 2. The number of amides is 1. The molecule has 0 saturated carbocycles. The van der Waals surface area contributed by atoms with Crippen LogP contribution in [0.3, 0.4) is 0 Å². The first-order chi connectivity index (χ1) is 12.9. The lowest BCUT2D eigenvalue weighted by atomic mass is 10.1. The van der Waals surface area contributed by atoms with E-state index in [4.69, 9.17) is 4.42 Å². The number of anilines is 1. The van der Waals surface area contributed by atoms with Gasteiger partial charge in [-0.3, -0.25) is 14.0 Å². The monoisotopic (exact) mass is 361 g/mol. The van der Waals surface area contributed by atoms with Gasteiger partial charge in [-0.2, -0.15) is 0 Å². The van der Waals surface area contributed by atoms with Crippen molar-refractivity contribution in [3.8, 4) is 0 Å². The SMILES string of the molecule is Cc1ccc2nc(C)c(NC(=O)c3cc4ccccc4oc3=O)c(=O)n2c1. The third kappa shape index (κ3) is 2.89. The molecule has 0 fully saturated rings. The number of carbonyl (C=O) groups is 1. The zero-order valence-electron chi connectivity index (χ0n) is 14.6. The van der Waals surface area contributed by atoms with E-state index in [2.05, 4.69) is 10.3 Å². The van der Waals surface area contributed by atoms with Crippen LogP contribution in [0, 0.1) is 13.8 Å². The number of nitrogens with one attached hydrogen (secondary N) is 1. The summed E-state index contributed by atoms with van der Waals surface area (Å²) in [5.41, 5.74) is 0.764. The predicted octanol–water partition coefficient (Wildman–Crippen LogP) is 2.67. The fourth-order valence-corrected chi connectivity index (χ4v) is 2.90. The molecule has 3 heterocycles. The third-order valence-corrected chi connectivity index (χ3v) is 4.28. The first kappa shape index (κ1) is 16.7. The van der Waals surface area contributed by atoms with E-state index < -0.39 is 17.1 Å². The molecule has 0 aliphatic carbocycles. The number of benzene rings is 1. The predicted molar refractivity (Wildman–Crippen MR) is 101 cm³/mol. The highest BCUT2D eigenvalue weighted by atomic mass is 16.4. The third-order valence-electron chi connectivity index (χ3n) is 4.28. The highest BCUT2D eigenvalue weighted by molar-refractivity contribution is 6.05. The Kier molecular flexibility index (Phi) is 3.84. The van der Waals surface area contributed by atoms with Crippen molar-refractivity contribution < 1.29 is 9.21 Å². The molecule has 3 aromatic heterocycles. The standard InChI is InChI=1S/C20H15N3O4/c1-11-7-8-16-21-12(2)17(19(25)23(16)10-11)22-18(24)14-9-13-5-3-4-6-15(13)27-20(14)26/h3-10H,1-2H3,(H,22,24). The normalized spacial score (nSPS) is 11.0. The fourth-order valence-electron chi connectivity index (χ4n) is 2.90. The van der Waals surface area contributed by atoms with Gasteiger partial charge in [0.2, 0.25) is 0 Å². The highest BCUT2D eigenvalue weighted by Gasteiger charge is 2.18. The van der Waals surface area contributed by atoms with Crippen molar-refractivity contribution in [3.63, 3.8) is 0 Å². The number of para-hydroxylation sites is 1. The Labute approximate surface area is 152 Å². The van der Waals surface area contributed by atoms with Gasteiger partial charge in [-0.15, -0.1) is 0 Å². The van der Waals surface area contributed by atoms with E-state index in [0.29, 0.717) is 22.3 Å². The molecule has 0 aliphatic rings. The summed E-state index contributed by atoms with van der Waals surface area (Å²) in [6.45, 7) is 3.48. The maximum absolute atomic E-state index is 12.8. The molecule has 0 bridgehead atoms. The minimum Gasteiger partial charge on any atom is -0.422 e. The van der Waals surface area contributed by atoms with E-state index in [1.165, 1.54) is 10.5 Å². The minimum absolute atomic E-state index is 0.0238. The summed E-state index contributed by atoms with van der Waals surface area (Å²) in [5, 5.41) is 3.13. The average Bonchev–Trinajstić information content (AvgIpc) is 2.65. The summed E-state index contributed by atoms with van der Waals surface area (Å²) in [6.07, 6.45) is 1.64. The highest BCUT2D eigenvalue weighted by Crippen LogP contribution is 2.15. The van der Waals surface area contributed by atoms with Gasteiger partial charge < -0.3 is 9.73 Å². The molecule has 0 aliphatic heterocycles. The average molecular weight is 361 g/mol. The van der Waals surface area contributed by atoms with Gasteiger partial charge in [0.25, 0.3) is 11.5 Å². The number of nitrogens with zero attached hydrogens (tertiary/aromatic N) is 2. The second kappa shape index (κ2) is 6.21. The van der Waals surface area contributed by atoms with Crippen LogP contribution in [0.2, 0.25) is 0 Å². The molecule has 0 saturated heterocycles. The lowest BCUT2D eigenvalue weighted by Crippen LogP contribution is -2.27. The molecular formula is C20H15N3O4. The largest absolute Gasteiger partial charge is 0.422 e. The van der Waals surface area contributed by atoms with Crippen molar-refractivity contribution in [2.24, 2.45) is 0 Å². The van der Waals surface area contributed by atoms with Gasteiger partial charge in [0.05, 0.1) is 5.69 Å². The second-order valence-corrected chi connectivity index (χ2v) is 6.25. The van der Waals surface area contributed by atoms with Crippen LogP contribution in [0.15, 0.2) is 62.7 Å². The molecule has 7 heteroatoms. The van der Waals surface area contributed by atoms with Gasteiger partial charge in [-0.1, -0.05) is 24.3 Å². The maximum atomic E-state index is 12.8. The Bertz CT molecular complexity index is 1330. The number of aromatic nitrogens is 2. The molecule has 7 nitrogen and oxygen atoms in total. The van der Waals surface area contributed by atoms with Crippen molar-refractivity contribution in [1.29, 1.82) is 0 Å². The van der Waals surface area contributed by atoms with Crippen LogP contribution < -0.4 is 16.5 Å². The molecule has 134 valence electrons. The van der Waals surface area contributed by atoms with Gasteiger partial charge in [-0.25, -0.2) is 9.78 Å². The molecule has 4 aromatic rings. The van der Waals surface area contributed by atoms with E-state index in [1.54, 1.807) is 43.5 Å². The van der Waals surface area contributed by atoms with E-state index in [-0.39, 0.29) is 11.3 Å². The summed E-state index contributed by atoms with van der Waals surface area (Å²) < 4.78 is 6.54. The van der Waals surface area contributed by atoms with Crippen LogP contribution >= 0.6 is 0 Å². The first-order valence-corrected chi connectivity index (χ1v) is 8.28. The maximum Gasteiger partial charge on any atom is 0.349 e. The number of hydrogen-bond donors (Lipinski definition) is 1. The summed E-state index contributed by atoms with van der Waals surface area (Å²) >= 11 is 0. The van der Waals surface area contributed by atoms with Crippen molar-refractivity contribution >= 4 is 28.2 Å². The van der Waals surface area contributed by atoms with Crippen LogP contribution in [0.4, 0.5) is 5.69 Å². The Hall–Kier alpha value is -3.74.